The molecule has 8 nitrogen and oxygen atoms in total. The Morgan fingerprint density at radius 3 is 1.11 bits per heavy atom. The highest BCUT2D eigenvalue weighted by Gasteiger charge is 2.61. The first kappa shape index (κ1) is 56.7. The largest absolute Gasteiger partial charge is 1.00 e. The zero-order chi connectivity index (χ0) is 51.0. The molecule has 13 rings (SSSR count). The second-order valence-electron chi connectivity index (χ2n) is 21.8. The Hall–Kier alpha value is -5.46. The van der Waals surface area contributed by atoms with Crippen LogP contribution in [0.4, 0.5) is 0 Å². The average molecular weight is 1150 g/mol. The maximum absolute atomic E-state index is 12.7. The van der Waals surface area contributed by atoms with E-state index in [9.17, 15) is 10.2 Å². The van der Waals surface area contributed by atoms with Gasteiger partial charge in [-0.1, -0.05) is 146 Å². The number of hydrogen-bond acceptors (Lipinski definition) is 6. The molecular formula is C66H76Br2N2O6. The maximum atomic E-state index is 12.7. The lowest BCUT2D eigenvalue weighted by Crippen LogP contribution is -3.00. The molecule has 6 saturated heterocycles. The van der Waals surface area contributed by atoms with Crippen LogP contribution in [0.5, 0.6) is 23.0 Å². The summed E-state index contributed by atoms with van der Waals surface area (Å²) < 4.78 is 25.3. The maximum Gasteiger partial charge on any atom is 0.121 e. The molecule has 7 aromatic rings. The zero-order valence-corrected chi connectivity index (χ0v) is 47.6. The molecule has 0 unspecified atom stereocenters. The van der Waals surface area contributed by atoms with Gasteiger partial charge in [0, 0.05) is 62.2 Å². The van der Waals surface area contributed by atoms with Crippen LogP contribution in [0, 0.1) is 10.8 Å². The molecule has 0 aromatic heterocycles. The monoisotopic (exact) mass is 1150 g/mol. The number of quaternary nitrogens is 2. The van der Waals surface area contributed by atoms with E-state index in [4.69, 9.17) is 18.9 Å². The van der Waals surface area contributed by atoms with E-state index in [1.165, 1.54) is 11.1 Å². The van der Waals surface area contributed by atoms with Crippen molar-refractivity contribution in [1.29, 1.82) is 0 Å². The Morgan fingerprint density at radius 2 is 0.711 bits per heavy atom. The normalized spacial score (nSPS) is 22.4. The van der Waals surface area contributed by atoms with E-state index in [1.807, 2.05) is 97.1 Å². The Balaban J connectivity index is 0.000000197. The molecule has 400 valence electrons. The second-order valence-corrected chi connectivity index (χ2v) is 21.8. The summed E-state index contributed by atoms with van der Waals surface area (Å²) in [6.07, 6.45) is 8.24. The lowest BCUT2D eigenvalue weighted by Gasteiger charge is -2.60. The van der Waals surface area contributed by atoms with Crippen molar-refractivity contribution in [2.45, 2.75) is 62.6 Å². The number of rotatable bonds is 19. The molecule has 0 saturated carbocycles. The standard InChI is InChI=1S/C35H38NO2.C31H38NO4.2BrH/c37-35(31-15-6-2-7-16-31,32-17-8-3-9-18-32)34-20-24-36(25-21-34,26-22-34)23-11-27-38-33-19-10-14-30(28-33)29-12-4-1-5-13-29;1-34-27-13-9-25(10-14-27)31(33,26-11-15-28(35-2)16-12-26)30-17-21-32(22-18-30,23-19-30)20-6-24-36-29-7-4-3-5-8-29;;/h1-10,12-19,28,37H,11,20-27H2;3-5,7-16,33H,6,17-24H2,1-2H3;2*1H/q2*+1;;/p-2. The summed E-state index contributed by atoms with van der Waals surface area (Å²) in [6.45, 7) is 10.4. The third-order valence-electron chi connectivity index (χ3n) is 18.1. The Morgan fingerprint density at radius 1 is 0.382 bits per heavy atom. The molecular weight excluding hydrogens is 1080 g/mol. The number of piperidine rings is 6. The van der Waals surface area contributed by atoms with E-state index in [0.29, 0.717) is 0 Å². The van der Waals surface area contributed by atoms with Crippen LogP contribution in [0.3, 0.4) is 0 Å². The molecule has 0 amide bonds. The fourth-order valence-corrected chi connectivity index (χ4v) is 13.6. The molecule has 0 aliphatic carbocycles. The second kappa shape index (κ2) is 24.9. The van der Waals surface area contributed by atoms with Crippen LogP contribution in [0.15, 0.2) is 194 Å². The summed E-state index contributed by atoms with van der Waals surface area (Å²) in [7, 11) is 3.35. The van der Waals surface area contributed by atoms with Crippen molar-refractivity contribution in [3.63, 3.8) is 0 Å². The Bertz CT molecular complexity index is 2740. The molecule has 10 heteroatoms. The van der Waals surface area contributed by atoms with Crippen LogP contribution in [-0.4, -0.2) is 99.0 Å². The number of benzene rings is 7. The van der Waals surface area contributed by atoms with Crippen LogP contribution in [0.25, 0.3) is 11.1 Å². The van der Waals surface area contributed by atoms with Crippen LogP contribution >= 0.6 is 0 Å². The first-order chi connectivity index (χ1) is 36.1. The number of para-hydroxylation sites is 1. The minimum absolute atomic E-state index is 0. The summed E-state index contributed by atoms with van der Waals surface area (Å²) in [5, 5.41) is 25.3. The van der Waals surface area contributed by atoms with Crippen molar-refractivity contribution in [1.82, 2.24) is 0 Å². The average Bonchev–Trinajstić information content (AvgIpc) is 3.49. The first-order valence-corrected chi connectivity index (χ1v) is 27.2. The highest BCUT2D eigenvalue weighted by atomic mass is 79.9. The van der Waals surface area contributed by atoms with Crippen LogP contribution in [0.2, 0.25) is 0 Å². The first-order valence-electron chi connectivity index (χ1n) is 27.2. The topological polar surface area (TPSA) is 77.4 Å². The van der Waals surface area contributed by atoms with Gasteiger partial charge in [0.05, 0.1) is 79.8 Å². The Kier molecular flexibility index (Phi) is 18.6. The Labute approximate surface area is 473 Å². The quantitative estimate of drug-likeness (QED) is 0.0715. The van der Waals surface area contributed by atoms with Gasteiger partial charge >= 0.3 is 0 Å². The van der Waals surface area contributed by atoms with Crippen molar-refractivity contribution < 1.29 is 72.1 Å². The number of nitrogens with zero attached hydrogens (tertiary/aromatic N) is 2. The molecule has 6 aliphatic rings. The predicted molar refractivity (Wildman–Crippen MR) is 295 cm³/mol. The molecule has 4 bridgehead atoms. The van der Waals surface area contributed by atoms with Crippen molar-refractivity contribution in [2.24, 2.45) is 10.8 Å². The van der Waals surface area contributed by atoms with Crippen molar-refractivity contribution in [3.05, 3.63) is 216 Å². The molecule has 0 spiro atoms. The van der Waals surface area contributed by atoms with Gasteiger partial charge in [0.1, 0.15) is 34.2 Å². The minimum atomic E-state index is -1.07. The van der Waals surface area contributed by atoms with E-state index in [0.717, 1.165) is 171 Å². The van der Waals surface area contributed by atoms with E-state index in [-0.39, 0.29) is 44.8 Å². The zero-order valence-electron chi connectivity index (χ0n) is 44.4. The number of hydrogen-bond donors (Lipinski definition) is 2. The van der Waals surface area contributed by atoms with Gasteiger partial charge in [0.15, 0.2) is 0 Å². The van der Waals surface area contributed by atoms with Gasteiger partial charge in [-0.3, -0.25) is 0 Å². The van der Waals surface area contributed by atoms with Crippen LogP contribution in [0.1, 0.15) is 73.6 Å². The molecule has 2 N–H and O–H groups in total. The lowest BCUT2D eigenvalue weighted by atomic mass is 9.56. The summed E-state index contributed by atoms with van der Waals surface area (Å²) in [5.41, 5.74) is 3.99. The van der Waals surface area contributed by atoms with Crippen LogP contribution < -0.4 is 52.9 Å². The molecule has 7 aromatic carbocycles. The van der Waals surface area contributed by atoms with Crippen molar-refractivity contribution in [3.8, 4) is 34.1 Å². The van der Waals surface area contributed by atoms with E-state index in [2.05, 4.69) is 97.1 Å². The lowest BCUT2D eigenvalue weighted by molar-refractivity contribution is -0.946. The fraction of sp³-hybridized carbons (Fsp3) is 0.364. The van der Waals surface area contributed by atoms with Gasteiger partial charge in [-0.05, 0) is 81.9 Å². The summed E-state index contributed by atoms with van der Waals surface area (Å²) >= 11 is 0. The number of fused-ring (bicyclic) bond motifs is 6. The van der Waals surface area contributed by atoms with E-state index < -0.39 is 11.2 Å². The summed E-state index contributed by atoms with van der Waals surface area (Å²) in [4.78, 5) is 0. The number of methoxy groups -OCH3 is 2. The van der Waals surface area contributed by atoms with E-state index >= 15 is 0 Å². The third kappa shape index (κ3) is 11.5. The fourth-order valence-electron chi connectivity index (χ4n) is 13.6. The molecule has 6 fully saturated rings. The highest BCUT2D eigenvalue weighted by molar-refractivity contribution is 5.64. The minimum Gasteiger partial charge on any atom is -1.00 e. The van der Waals surface area contributed by atoms with Crippen LogP contribution in [-0.2, 0) is 11.2 Å². The third-order valence-corrected chi connectivity index (χ3v) is 18.1. The number of halogens is 2. The van der Waals surface area contributed by atoms with Gasteiger partial charge in [-0.2, -0.15) is 0 Å². The van der Waals surface area contributed by atoms with E-state index in [1.54, 1.807) is 14.2 Å². The number of aliphatic hydroxyl groups is 2. The molecule has 0 atom stereocenters. The SMILES string of the molecule is COc1ccc(C(O)(c2ccc(OC)cc2)C23CC[N+](CCCOc4ccccc4)(CC2)CC3)cc1.OC(c1ccccc1)(c1ccccc1)C12CC[N+](CCCOc3cccc(-c4ccccc4)c3)(CC1)CC2.[Br-].[Br-]. The van der Waals surface area contributed by atoms with Crippen molar-refractivity contribution in [2.75, 3.05) is 79.8 Å². The molecule has 0 radical (unpaired) electrons. The molecule has 76 heavy (non-hydrogen) atoms. The summed E-state index contributed by atoms with van der Waals surface area (Å²) in [5.74, 6) is 3.49. The molecule has 6 heterocycles. The molecule has 6 aliphatic heterocycles. The summed E-state index contributed by atoms with van der Waals surface area (Å²) in [6, 6.07) is 65.7. The van der Waals surface area contributed by atoms with Gasteiger partial charge in [-0.15, -0.1) is 0 Å². The smallest absolute Gasteiger partial charge is 0.121 e. The number of ether oxygens (including phenoxy) is 4. The van der Waals surface area contributed by atoms with Crippen molar-refractivity contribution >= 4 is 0 Å². The highest BCUT2D eigenvalue weighted by Crippen LogP contribution is 2.59. The van der Waals surface area contributed by atoms with Gasteiger partial charge in [0.25, 0.3) is 0 Å². The van der Waals surface area contributed by atoms with Gasteiger partial charge in [0.2, 0.25) is 0 Å². The van der Waals surface area contributed by atoms with Gasteiger partial charge in [-0.25, -0.2) is 0 Å². The van der Waals surface area contributed by atoms with Gasteiger partial charge < -0.3 is 72.1 Å². The predicted octanol–water partition coefficient (Wildman–Crippen LogP) is 6.48.